The number of carbonyl (C=O) groups is 1. The lowest BCUT2D eigenvalue weighted by atomic mass is 10.1. The highest BCUT2D eigenvalue weighted by Gasteiger charge is 2.29. The van der Waals surface area contributed by atoms with Crippen LogP contribution in [0.25, 0.3) is 0 Å². The standard InChI is InChI=1S/C17H19N3O4S/c18-16(12-5-2-1-3-6-12)17(22)19-14-11-13(7-8-15(14)21)20-9-4-10-25(20,23)24/h1-3,5-8,11,16,21H,4,9-10,18H2,(H,19,22)/t16-/m0/s1. The van der Waals surface area contributed by atoms with Crippen LogP contribution in [0.4, 0.5) is 11.4 Å². The van der Waals surface area contributed by atoms with E-state index in [9.17, 15) is 18.3 Å². The van der Waals surface area contributed by atoms with E-state index in [4.69, 9.17) is 5.73 Å². The second-order valence-electron chi connectivity index (χ2n) is 5.82. The summed E-state index contributed by atoms with van der Waals surface area (Å²) in [4.78, 5) is 12.3. The van der Waals surface area contributed by atoms with Gasteiger partial charge < -0.3 is 16.2 Å². The molecule has 132 valence electrons. The predicted octanol–water partition coefficient (Wildman–Crippen LogP) is 1.57. The molecule has 0 bridgehead atoms. The molecule has 1 fully saturated rings. The first kappa shape index (κ1) is 17.2. The number of nitrogens with one attached hydrogen (secondary N) is 1. The topological polar surface area (TPSA) is 113 Å². The van der Waals surface area contributed by atoms with Crippen molar-refractivity contribution in [2.45, 2.75) is 12.5 Å². The molecule has 1 aliphatic heterocycles. The van der Waals surface area contributed by atoms with Crippen LogP contribution in [0, 0.1) is 0 Å². The third-order valence-electron chi connectivity index (χ3n) is 4.07. The summed E-state index contributed by atoms with van der Waals surface area (Å²) in [5.74, 6) is -0.564. The largest absolute Gasteiger partial charge is 0.506 e. The molecule has 1 heterocycles. The molecule has 4 N–H and O–H groups in total. The van der Waals surface area contributed by atoms with Gasteiger partial charge in [0.15, 0.2) is 0 Å². The molecule has 0 aromatic heterocycles. The molecule has 25 heavy (non-hydrogen) atoms. The van der Waals surface area contributed by atoms with Crippen molar-refractivity contribution in [3.05, 3.63) is 54.1 Å². The van der Waals surface area contributed by atoms with Crippen LogP contribution >= 0.6 is 0 Å². The number of rotatable bonds is 4. The fraction of sp³-hybridized carbons (Fsp3) is 0.235. The van der Waals surface area contributed by atoms with Crippen molar-refractivity contribution in [2.75, 3.05) is 21.9 Å². The number of benzene rings is 2. The third kappa shape index (κ3) is 3.59. The Morgan fingerprint density at radius 2 is 1.92 bits per heavy atom. The quantitative estimate of drug-likeness (QED) is 0.716. The Kier molecular flexibility index (Phi) is 4.65. The first-order valence-electron chi connectivity index (χ1n) is 7.83. The molecule has 2 aromatic carbocycles. The average Bonchev–Trinajstić information content (AvgIpc) is 2.96. The summed E-state index contributed by atoms with van der Waals surface area (Å²) in [7, 11) is -3.34. The lowest BCUT2D eigenvalue weighted by molar-refractivity contribution is -0.117. The van der Waals surface area contributed by atoms with Gasteiger partial charge in [0.25, 0.3) is 0 Å². The average molecular weight is 361 g/mol. The number of phenolic OH excluding ortho intramolecular Hbond substituents is 1. The minimum absolute atomic E-state index is 0.0917. The molecule has 8 heteroatoms. The number of hydrogen-bond donors (Lipinski definition) is 3. The van der Waals surface area contributed by atoms with Crippen LogP contribution in [0.3, 0.4) is 0 Å². The number of amides is 1. The van der Waals surface area contributed by atoms with Crippen LogP contribution in [0.1, 0.15) is 18.0 Å². The molecule has 0 unspecified atom stereocenters. The lowest BCUT2D eigenvalue weighted by Crippen LogP contribution is -2.28. The Morgan fingerprint density at radius 1 is 1.20 bits per heavy atom. The Labute approximate surface area is 146 Å². The fourth-order valence-electron chi connectivity index (χ4n) is 2.73. The van der Waals surface area contributed by atoms with Crippen molar-refractivity contribution in [1.29, 1.82) is 0 Å². The van der Waals surface area contributed by atoms with Gasteiger partial charge in [0.1, 0.15) is 11.8 Å². The smallest absolute Gasteiger partial charge is 0.245 e. The first-order chi connectivity index (χ1) is 11.9. The predicted molar refractivity (Wildman–Crippen MR) is 95.9 cm³/mol. The van der Waals surface area contributed by atoms with Crippen LogP contribution in [-0.4, -0.2) is 31.7 Å². The van der Waals surface area contributed by atoms with Crippen molar-refractivity contribution in [1.82, 2.24) is 0 Å². The van der Waals surface area contributed by atoms with Gasteiger partial charge in [0.05, 0.1) is 17.1 Å². The molecule has 3 rings (SSSR count). The van der Waals surface area contributed by atoms with Gasteiger partial charge in [0.2, 0.25) is 15.9 Å². The number of nitrogens with zero attached hydrogens (tertiary/aromatic N) is 1. The first-order valence-corrected chi connectivity index (χ1v) is 9.44. The number of phenols is 1. The molecule has 0 radical (unpaired) electrons. The summed E-state index contributed by atoms with van der Waals surface area (Å²) in [6.45, 7) is 0.379. The van der Waals surface area contributed by atoms with E-state index in [1.807, 2.05) is 6.07 Å². The van der Waals surface area contributed by atoms with E-state index >= 15 is 0 Å². The molecular formula is C17H19N3O4S. The van der Waals surface area contributed by atoms with Crippen molar-refractivity contribution in [3.8, 4) is 5.75 Å². The van der Waals surface area contributed by atoms with E-state index in [1.165, 1.54) is 22.5 Å². The van der Waals surface area contributed by atoms with Gasteiger partial charge in [-0.3, -0.25) is 9.10 Å². The van der Waals surface area contributed by atoms with E-state index in [1.54, 1.807) is 24.3 Å². The summed E-state index contributed by atoms with van der Waals surface area (Å²) < 4.78 is 25.3. The Hall–Kier alpha value is -2.58. The summed E-state index contributed by atoms with van der Waals surface area (Å²) >= 11 is 0. The second kappa shape index (κ2) is 6.73. The number of aromatic hydroxyl groups is 1. The molecule has 1 atom stereocenters. The van der Waals surface area contributed by atoms with Gasteiger partial charge in [-0.25, -0.2) is 8.42 Å². The number of nitrogens with two attached hydrogens (primary N) is 1. The molecule has 1 amide bonds. The molecule has 1 aliphatic rings. The third-order valence-corrected chi connectivity index (χ3v) is 5.94. The van der Waals surface area contributed by atoms with Crippen molar-refractivity contribution in [2.24, 2.45) is 5.73 Å². The maximum Gasteiger partial charge on any atom is 0.245 e. The molecule has 0 saturated carbocycles. The molecule has 0 aliphatic carbocycles. The number of carbonyl (C=O) groups excluding carboxylic acids is 1. The molecular weight excluding hydrogens is 342 g/mol. The van der Waals surface area contributed by atoms with Crippen LogP contribution in [0.15, 0.2) is 48.5 Å². The minimum atomic E-state index is -3.34. The van der Waals surface area contributed by atoms with Gasteiger partial charge in [-0.1, -0.05) is 30.3 Å². The van der Waals surface area contributed by atoms with Crippen molar-refractivity contribution < 1.29 is 18.3 Å². The zero-order valence-corrected chi connectivity index (χ0v) is 14.2. The second-order valence-corrected chi connectivity index (χ2v) is 7.83. The zero-order chi connectivity index (χ0) is 18.0. The maximum absolute atomic E-state index is 12.3. The van der Waals surface area contributed by atoms with Gasteiger partial charge in [-0.2, -0.15) is 0 Å². The van der Waals surface area contributed by atoms with Crippen LogP contribution in [0.5, 0.6) is 5.75 Å². The normalized spacial score (nSPS) is 17.2. The van der Waals surface area contributed by atoms with Crippen LogP contribution in [-0.2, 0) is 14.8 Å². The molecule has 1 saturated heterocycles. The lowest BCUT2D eigenvalue weighted by Gasteiger charge is -2.19. The van der Waals surface area contributed by atoms with E-state index in [0.717, 1.165) is 0 Å². The van der Waals surface area contributed by atoms with Crippen LogP contribution in [0.2, 0.25) is 0 Å². The van der Waals surface area contributed by atoms with E-state index in [2.05, 4.69) is 5.32 Å². The molecule has 0 spiro atoms. The van der Waals surface area contributed by atoms with E-state index in [0.29, 0.717) is 24.2 Å². The van der Waals surface area contributed by atoms with Crippen molar-refractivity contribution in [3.63, 3.8) is 0 Å². The summed E-state index contributed by atoms with van der Waals surface area (Å²) in [6, 6.07) is 12.2. The van der Waals surface area contributed by atoms with Gasteiger partial charge >= 0.3 is 0 Å². The number of hydrogen-bond acceptors (Lipinski definition) is 5. The van der Waals surface area contributed by atoms with Gasteiger partial charge in [-0.15, -0.1) is 0 Å². The fourth-order valence-corrected chi connectivity index (χ4v) is 4.29. The Bertz CT molecular complexity index is 884. The highest BCUT2D eigenvalue weighted by molar-refractivity contribution is 7.93. The van der Waals surface area contributed by atoms with E-state index < -0.39 is 22.0 Å². The van der Waals surface area contributed by atoms with Gasteiger partial charge in [0, 0.05) is 6.54 Å². The maximum atomic E-state index is 12.3. The molecule has 2 aromatic rings. The Balaban J connectivity index is 1.83. The summed E-state index contributed by atoms with van der Waals surface area (Å²) in [5.41, 5.74) is 7.10. The van der Waals surface area contributed by atoms with Crippen LogP contribution < -0.4 is 15.4 Å². The SMILES string of the molecule is N[C@H](C(=O)Nc1cc(N2CCCS2(=O)=O)ccc1O)c1ccccc1. The monoisotopic (exact) mass is 361 g/mol. The molecule has 7 nitrogen and oxygen atoms in total. The minimum Gasteiger partial charge on any atom is -0.506 e. The number of anilines is 2. The Morgan fingerprint density at radius 3 is 2.56 bits per heavy atom. The summed E-state index contributed by atoms with van der Waals surface area (Å²) in [5, 5.41) is 12.5. The highest BCUT2D eigenvalue weighted by atomic mass is 32.2. The zero-order valence-electron chi connectivity index (χ0n) is 13.4. The van der Waals surface area contributed by atoms with E-state index in [-0.39, 0.29) is 17.2 Å². The summed E-state index contributed by atoms with van der Waals surface area (Å²) in [6.07, 6.45) is 0.545. The van der Waals surface area contributed by atoms with Gasteiger partial charge in [-0.05, 0) is 30.2 Å². The highest BCUT2D eigenvalue weighted by Crippen LogP contribution is 2.32. The van der Waals surface area contributed by atoms with Crippen molar-refractivity contribution >= 4 is 27.3 Å². The number of sulfonamides is 1.